The van der Waals surface area contributed by atoms with Crippen LogP contribution in [0.4, 0.5) is 0 Å². The lowest BCUT2D eigenvalue weighted by Gasteiger charge is -1.93. The van der Waals surface area contributed by atoms with Gasteiger partial charge in [-0.1, -0.05) is 0 Å². The summed E-state index contributed by atoms with van der Waals surface area (Å²) in [5.41, 5.74) is 0.995. The summed E-state index contributed by atoms with van der Waals surface area (Å²) in [6.45, 7) is 1.91. The fourth-order valence-corrected chi connectivity index (χ4v) is 1.01. The van der Waals surface area contributed by atoms with Gasteiger partial charge in [0.2, 0.25) is 0 Å². The Morgan fingerprint density at radius 1 is 1.15 bits per heavy atom. The zero-order valence-electron chi connectivity index (χ0n) is 6.86. The summed E-state index contributed by atoms with van der Waals surface area (Å²) < 4.78 is 5.04. The third-order valence-corrected chi connectivity index (χ3v) is 1.65. The first-order chi connectivity index (χ1) is 6.25. The summed E-state index contributed by atoms with van der Waals surface area (Å²) in [7, 11) is 0. The first-order valence-electron chi connectivity index (χ1n) is 3.66. The van der Waals surface area contributed by atoms with Crippen LogP contribution in [0.3, 0.4) is 0 Å². The summed E-state index contributed by atoms with van der Waals surface area (Å²) in [5, 5.41) is 0.0965. The SMILES string of the molecule is Cc1cnc(-c2cnc(Cl)o2)nc1. The van der Waals surface area contributed by atoms with Crippen LogP contribution in [-0.2, 0) is 0 Å². The molecule has 0 atom stereocenters. The molecule has 0 bridgehead atoms. The summed E-state index contributed by atoms with van der Waals surface area (Å²) in [5.74, 6) is 0.968. The number of aromatic nitrogens is 3. The van der Waals surface area contributed by atoms with Gasteiger partial charge in [0.05, 0.1) is 6.20 Å². The fraction of sp³-hybridized carbons (Fsp3) is 0.125. The molecule has 2 heterocycles. The van der Waals surface area contributed by atoms with Crippen LogP contribution in [0.2, 0.25) is 5.35 Å². The van der Waals surface area contributed by atoms with Gasteiger partial charge in [0.15, 0.2) is 11.6 Å². The molecule has 0 fully saturated rings. The number of halogens is 1. The van der Waals surface area contributed by atoms with Crippen LogP contribution in [0.5, 0.6) is 0 Å². The molecule has 0 aliphatic heterocycles. The first kappa shape index (κ1) is 8.19. The van der Waals surface area contributed by atoms with Gasteiger partial charge in [-0.2, -0.15) is 0 Å². The van der Waals surface area contributed by atoms with Crippen molar-refractivity contribution in [2.24, 2.45) is 0 Å². The molecule has 0 N–H and O–H groups in total. The Hall–Kier alpha value is -1.42. The van der Waals surface area contributed by atoms with Crippen LogP contribution < -0.4 is 0 Å². The van der Waals surface area contributed by atoms with Crippen molar-refractivity contribution in [2.75, 3.05) is 0 Å². The lowest BCUT2D eigenvalue weighted by Crippen LogP contribution is -1.86. The second-order valence-corrected chi connectivity index (χ2v) is 2.88. The number of aryl methyl sites for hydroxylation is 1. The zero-order chi connectivity index (χ0) is 9.26. The third-order valence-electron chi connectivity index (χ3n) is 1.48. The van der Waals surface area contributed by atoms with Crippen molar-refractivity contribution in [1.29, 1.82) is 0 Å². The molecule has 0 saturated heterocycles. The molecule has 2 rings (SSSR count). The lowest BCUT2D eigenvalue weighted by molar-refractivity contribution is 0.569. The van der Waals surface area contributed by atoms with Crippen molar-refractivity contribution >= 4 is 11.6 Å². The quantitative estimate of drug-likeness (QED) is 0.699. The highest BCUT2D eigenvalue weighted by Crippen LogP contribution is 2.17. The van der Waals surface area contributed by atoms with Gasteiger partial charge in [0.1, 0.15) is 0 Å². The standard InChI is InChI=1S/C8H6ClN3O/c1-5-2-10-7(11-3-5)6-4-12-8(9)13-6/h2-4H,1H3. The van der Waals surface area contributed by atoms with E-state index in [2.05, 4.69) is 15.0 Å². The van der Waals surface area contributed by atoms with E-state index >= 15 is 0 Å². The van der Waals surface area contributed by atoms with E-state index < -0.39 is 0 Å². The minimum Gasteiger partial charge on any atom is -0.424 e. The molecule has 0 aromatic carbocycles. The van der Waals surface area contributed by atoms with Crippen LogP contribution >= 0.6 is 11.6 Å². The van der Waals surface area contributed by atoms with Crippen LogP contribution in [-0.4, -0.2) is 15.0 Å². The van der Waals surface area contributed by atoms with E-state index in [-0.39, 0.29) is 5.35 Å². The lowest BCUT2D eigenvalue weighted by atomic mass is 10.4. The Morgan fingerprint density at radius 3 is 2.38 bits per heavy atom. The predicted octanol–water partition coefficient (Wildman–Crippen LogP) is 2.09. The zero-order valence-corrected chi connectivity index (χ0v) is 7.62. The average molecular weight is 196 g/mol. The van der Waals surface area contributed by atoms with Crippen molar-refractivity contribution in [2.45, 2.75) is 6.92 Å². The molecule has 0 radical (unpaired) electrons. The molecule has 4 nitrogen and oxygen atoms in total. The van der Waals surface area contributed by atoms with E-state index in [1.807, 2.05) is 6.92 Å². The van der Waals surface area contributed by atoms with Crippen molar-refractivity contribution in [1.82, 2.24) is 15.0 Å². The van der Waals surface area contributed by atoms with E-state index in [0.717, 1.165) is 5.56 Å². The van der Waals surface area contributed by atoms with E-state index in [0.29, 0.717) is 11.6 Å². The molecule has 0 aliphatic rings. The normalized spacial score (nSPS) is 10.3. The molecule has 2 aromatic rings. The minimum atomic E-state index is 0.0965. The van der Waals surface area contributed by atoms with E-state index in [9.17, 15) is 0 Å². The second-order valence-electron chi connectivity index (χ2n) is 2.56. The Balaban J connectivity index is 2.41. The summed E-state index contributed by atoms with van der Waals surface area (Å²) in [6, 6.07) is 0. The predicted molar refractivity (Wildman–Crippen MR) is 47.3 cm³/mol. The van der Waals surface area contributed by atoms with Gasteiger partial charge < -0.3 is 4.42 Å². The number of oxazole rings is 1. The number of nitrogens with zero attached hydrogens (tertiary/aromatic N) is 3. The van der Waals surface area contributed by atoms with E-state index in [1.165, 1.54) is 6.20 Å². The highest BCUT2D eigenvalue weighted by Gasteiger charge is 2.06. The van der Waals surface area contributed by atoms with Crippen molar-refractivity contribution in [3.63, 3.8) is 0 Å². The van der Waals surface area contributed by atoms with Crippen LogP contribution in [0.15, 0.2) is 23.0 Å². The average Bonchev–Trinajstić information content (AvgIpc) is 2.53. The monoisotopic (exact) mass is 195 g/mol. The minimum absolute atomic E-state index is 0.0965. The van der Waals surface area contributed by atoms with Gasteiger partial charge in [-0.05, 0) is 24.1 Å². The summed E-state index contributed by atoms with van der Waals surface area (Å²) in [6.07, 6.45) is 4.91. The summed E-state index contributed by atoms with van der Waals surface area (Å²) in [4.78, 5) is 11.9. The topological polar surface area (TPSA) is 51.8 Å². The Bertz CT molecular complexity index is 410. The van der Waals surface area contributed by atoms with Crippen LogP contribution in [0, 0.1) is 6.92 Å². The first-order valence-corrected chi connectivity index (χ1v) is 4.04. The van der Waals surface area contributed by atoms with Crippen molar-refractivity contribution < 1.29 is 4.42 Å². The maximum absolute atomic E-state index is 5.51. The van der Waals surface area contributed by atoms with Gasteiger partial charge in [-0.25, -0.2) is 15.0 Å². The highest BCUT2D eigenvalue weighted by molar-refractivity contribution is 6.27. The smallest absolute Gasteiger partial charge is 0.292 e. The molecular formula is C8H6ClN3O. The molecule has 0 saturated carbocycles. The second kappa shape index (κ2) is 3.14. The maximum Gasteiger partial charge on any atom is 0.292 e. The molecular weight excluding hydrogens is 190 g/mol. The van der Waals surface area contributed by atoms with E-state index in [1.54, 1.807) is 12.4 Å². The van der Waals surface area contributed by atoms with Gasteiger partial charge in [-0.15, -0.1) is 0 Å². The van der Waals surface area contributed by atoms with Gasteiger partial charge in [-0.3, -0.25) is 0 Å². The van der Waals surface area contributed by atoms with Crippen LogP contribution in [0.25, 0.3) is 11.6 Å². The highest BCUT2D eigenvalue weighted by atomic mass is 35.5. The van der Waals surface area contributed by atoms with Gasteiger partial charge in [0, 0.05) is 12.4 Å². The molecule has 0 amide bonds. The molecule has 66 valence electrons. The molecule has 0 unspecified atom stereocenters. The number of hydrogen-bond acceptors (Lipinski definition) is 4. The summed E-state index contributed by atoms with van der Waals surface area (Å²) >= 11 is 5.51. The molecule has 0 spiro atoms. The Morgan fingerprint density at radius 2 is 1.85 bits per heavy atom. The van der Waals surface area contributed by atoms with E-state index in [4.69, 9.17) is 16.0 Å². The van der Waals surface area contributed by atoms with Crippen molar-refractivity contribution in [3.8, 4) is 11.6 Å². The Labute approximate surface area is 79.6 Å². The maximum atomic E-state index is 5.51. The van der Waals surface area contributed by atoms with Crippen LogP contribution in [0.1, 0.15) is 5.56 Å². The fourth-order valence-electron chi connectivity index (χ4n) is 0.876. The Kier molecular flexibility index (Phi) is 1.98. The molecule has 0 aliphatic carbocycles. The molecule has 2 aromatic heterocycles. The number of rotatable bonds is 1. The van der Waals surface area contributed by atoms with Gasteiger partial charge in [0.25, 0.3) is 5.35 Å². The molecule has 13 heavy (non-hydrogen) atoms. The third kappa shape index (κ3) is 1.67. The largest absolute Gasteiger partial charge is 0.424 e. The van der Waals surface area contributed by atoms with Gasteiger partial charge >= 0.3 is 0 Å². The van der Waals surface area contributed by atoms with Crippen molar-refractivity contribution in [3.05, 3.63) is 29.5 Å². The molecule has 5 heteroatoms. The number of hydrogen-bond donors (Lipinski definition) is 0.